The summed E-state index contributed by atoms with van der Waals surface area (Å²) in [5, 5.41) is 8.82. The highest BCUT2D eigenvalue weighted by Crippen LogP contribution is 2.29. The molecule has 0 radical (unpaired) electrons. The molecule has 1 aromatic rings. The van der Waals surface area contributed by atoms with Crippen LogP contribution >= 0.6 is 0 Å². The van der Waals surface area contributed by atoms with Crippen molar-refractivity contribution in [2.45, 2.75) is 24.9 Å². The van der Waals surface area contributed by atoms with Gasteiger partial charge >= 0.3 is 5.69 Å². The molecular weight excluding hydrogens is 203 g/mol. The Bertz CT molecular complexity index is 395. The highest BCUT2D eigenvalue weighted by Gasteiger charge is 2.36. The van der Waals surface area contributed by atoms with Gasteiger partial charge < -0.3 is 9.84 Å². The van der Waals surface area contributed by atoms with E-state index < -0.39 is 24.2 Å². The van der Waals surface area contributed by atoms with Crippen LogP contribution < -0.4 is 5.69 Å². The number of nitrogens with zero attached hydrogens (tertiary/aromatic N) is 2. The highest BCUT2D eigenvalue weighted by molar-refractivity contribution is 4.88. The second-order valence-corrected chi connectivity index (χ2v) is 3.39. The molecule has 0 bridgehead atoms. The van der Waals surface area contributed by atoms with Gasteiger partial charge in [-0.2, -0.15) is 0 Å². The van der Waals surface area contributed by atoms with E-state index in [1.54, 1.807) is 0 Å². The van der Waals surface area contributed by atoms with Gasteiger partial charge in [-0.15, -0.1) is 0 Å². The summed E-state index contributed by atoms with van der Waals surface area (Å²) in [4.78, 5) is 14.8. The predicted octanol–water partition coefficient (Wildman–Crippen LogP) is -0.139. The van der Waals surface area contributed by atoms with E-state index in [0.717, 1.165) is 4.57 Å². The minimum absolute atomic E-state index is 0.0997. The molecule has 15 heavy (non-hydrogen) atoms. The first-order chi connectivity index (χ1) is 7.22. The topological polar surface area (TPSA) is 64.4 Å². The third-order valence-electron chi connectivity index (χ3n) is 2.35. The van der Waals surface area contributed by atoms with E-state index in [1.165, 1.54) is 18.5 Å². The number of halogens is 1. The van der Waals surface area contributed by atoms with Gasteiger partial charge in [0.15, 0.2) is 6.23 Å². The third kappa shape index (κ3) is 1.91. The van der Waals surface area contributed by atoms with Crippen molar-refractivity contribution in [3.05, 3.63) is 28.9 Å². The SMILES string of the molecule is O=c1ncccn1[C@@H]1O[C@H](CO)C[C@@H]1F. The van der Waals surface area contributed by atoms with Crippen LogP contribution in [0.2, 0.25) is 0 Å². The molecule has 1 aliphatic heterocycles. The number of hydrogen-bond acceptors (Lipinski definition) is 4. The highest BCUT2D eigenvalue weighted by atomic mass is 19.1. The Hall–Kier alpha value is -1.27. The molecular formula is C9H11FN2O3. The maximum atomic E-state index is 13.5. The molecule has 0 spiro atoms. The smallest absolute Gasteiger partial charge is 0.349 e. The fourth-order valence-electron chi connectivity index (χ4n) is 1.63. The lowest BCUT2D eigenvalue weighted by molar-refractivity contribution is -0.0393. The molecule has 82 valence electrons. The van der Waals surface area contributed by atoms with Crippen LogP contribution in [0, 0.1) is 0 Å². The van der Waals surface area contributed by atoms with Crippen LogP contribution in [-0.2, 0) is 4.74 Å². The molecule has 0 aliphatic carbocycles. The Balaban J connectivity index is 2.25. The summed E-state index contributed by atoms with van der Waals surface area (Å²) in [6.07, 6.45) is 0.0591. The molecule has 0 saturated carbocycles. The average Bonchev–Trinajstić information content (AvgIpc) is 2.60. The van der Waals surface area contributed by atoms with Crippen LogP contribution in [0.1, 0.15) is 12.6 Å². The molecule has 6 heteroatoms. The van der Waals surface area contributed by atoms with Gasteiger partial charge in [-0.05, 0) is 6.07 Å². The molecule has 1 saturated heterocycles. The Labute approximate surface area is 85.1 Å². The fourth-order valence-corrected chi connectivity index (χ4v) is 1.63. The number of aliphatic hydroxyl groups excluding tert-OH is 1. The molecule has 5 nitrogen and oxygen atoms in total. The quantitative estimate of drug-likeness (QED) is 0.744. The predicted molar refractivity (Wildman–Crippen MR) is 49.0 cm³/mol. The Morgan fingerprint density at radius 2 is 2.53 bits per heavy atom. The molecule has 2 heterocycles. The molecule has 0 unspecified atom stereocenters. The first kappa shape index (κ1) is 10.3. The van der Waals surface area contributed by atoms with Crippen LogP contribution in [0.3, 0.4) is 0 Å². The maximum Gasteiger partial charge on any atom is 0.349 e. The summed E-state index contributed by atoms with van der Waals surface area (Å²) in [7, 11) is 0. The lowest BCUT2D eigenvalue weighted by Gasteiger charge is -2.15. The van der Waals surface area contributed by atoms with E-state index in [1.807, 2.05) is 0 Å². The minimum atomic E-state index is -1.29. The van der Waals surface area contributed by atoms with E-state index in [9.17, 15) is 9.18 Å². The van der Waals surface area contributed by atoms with Crippen LogP contribution in [-0.4, -0.2) is 33.5 Å². The number of aliphatic hydroxyl groups is 1. The van der Waals surface area contributed by atoms with Crippen molar-refractivity contribution >= 4 is 0 Å². The van der Waals surface area contributed by atoms with Gasteiger partial charge in [0.2, 0.25) is 0 Å². The summed E-state index contributed by atoms with van der Waals surface area (Å²) in [6.45, 7) is -0.244. The summed E-state index contributed by atoms with van der Waals surface area (Å²) in [5.41, 5.74) is -0.552. The second-order valence-electron chi connectivity index (χ2n) is 3.39. The first-order valence-corrected chi connectivity index (χ1v) is 4.66. The number of ether oxygens (including phenoxy) is 1. The van der Waals surface area contributed by atoms with Crippen molar-refractivity contribution in [3.63, 3.8) is 0 Å². The molecule has 2 rings (SSSR count). The molecule has 1 fully saturated rings. The van der Waals surface area contributed by atoms with Gasteiger partial charge in [-0.25, -0.2) is 14.2 Å². The molecule has 1 aliphatic rings. The van der Waals surface area contributed by atoms with Crippen molar-refractivity contribution in [3.8, 4) is 0 Å². The summed E-state index contributed by atoms with van der Waals surface area (Å²) in [6, 6.07) is 1.53. The largest absolute Gasteiger partial charge is 0.394 e. The summed E-state index contributed by atoms with van der Waals surface area (Å²) in [5.74, 6) is 0. The zero-order chi connectivity index (χ0) is 10.8. The molecule has 1 N–H and O–H groups in total. The molecule has 0 aromatic carbocycles. The standard InChI is InChI=1S/C9H11FN2O3/c10-7-4-6(5-13)15-8(7)12-3-1-2-11-9(12)14/h1-3,6-8,13H,4-5H2/t6-,7-,8+/m0/s1. The van der Waals surface area contributed by atoms with Gasteiger partial charge in [0, 0.05) is 18.8 Å². The van der Waals surface area contributed by atoms with Gasteiger partial charge in [0.05, 0.1) is 12.7 Å². The van der Waals surface area contributed by atoms with Gasteiger partial charge in [0.25, 0.3) is 0 Å². The Kier molecular flexibility index (Phi) is 2.79. The van der Waals surface area contributed by atoms with Crippen molar-refractivity contribution in [2.24, 2.45) is 0 Å². The number of alkyl halides is 1. The van der Waals surface area contributed by atoms with Crippen LogP contribution in [0.25, 0.3) is 0 Å². The van der Waals surface area contributed by atoms with Crippen LogP contribution in [0.15, 0.2) is 23.3 Å². The van der Waals surface area contributed by atoms with E-state index in [0.29, 0.717) is 0 Å². The van der Waals surface area contributed by atoms with E-state index >= 15 is 0 Å². The summed E-state index contributed by atoms with van der Waals surface area (Å²) < 4.78 is 19.8. The van der Waals surface area contributed by atoms with Gasteiger partial charge in [0.1, 0.15) is 6.17 Å². The monoisotopic (exact) mass is 214 g/mol. The second kappa shape index (κ2) is 4.08. The summed E-state index contributed by atoms with van der Waals surface area (Å²) >= 11 is 0. The Morgan fingerprint density at radius 3 is 3.13 bits per heavy atom. The van der Waals surface area contributed by atoms with Crippen molar-refractivity contribution in [1.29, 1.82) is 0 Å². The van der Waals surface area contributed by atoms with Crippen LogP contribution in [0.4, 0.5) is 4.39 Å². The lowest BCUT2D eigenvalue weighted by Crippen LogP contribution is -2.29. The van der Waals surface area contributed by atoms with Crippen molar-refractivity contribution < 1.29 is 14.2 Å². The van der Waals surface area contributed by atoms with Crippen molar-refractivity contribution in [2.75, 3.05) is 6.61 Å². The van der Waals surface area contributed by atoms with E-state index in [-0.39, 0.29) is 13.0 Å². The average molecular weight is 214 g/mol. The Morgan fingerprint density at radius 1 is 1.73 bits per heavy atom. The molecule has 0 amide bonds. The number of hydrogen-bond donors (Lipinski definition) is 1. The van der Waals surface area contributed by atoms with E-state index in [4.69, 9.17) is 9.84 Å². The molecule has 1 aromatic heterocycles. The van der Waals surface area contributed by atoms with E-state index in [2.05, 4.69) is 4.98 Å². The molecule has 3 atom stereocenters. The van der Waals surface area contributed by atoms with Crippen molar-refractivity contribution in [1.82, 2.24) is 9.55 Å². The zero-order valence-corrected chi connectivity index (χ0v) is 7.91. The normalized spacial score (nSPS) is 30.7. The minimum Gasteiger partial charge on any atom is -0.394 e. The fraction of sp³-hybridized carbons (Fsp3) is 0.556. The first-order valence-electron chi connectivity index (χ1n) is 4.66. The van der Waals surface area contributed by atoms with Crippen LogP contribution in [0.5, 0.6) is 0 Å². The zero-order valence-electron chi connectivity index (χ0n) is 7.91. The number of rotatable bonds is 2. The number of aromatic nitrogens is 2. The van der Waals surface area contributed by atoms with Gasteiger partial charge in [-0.3, -0.25) is 4.57 Å². The third-order valence-corrected chi connectivity index (χ3v) is 2.35. The lowest BCUT2D eigenvalue weighted by atomic mass is 10.2. The maximum absolute atomic E-state index is 13.5. The van der Waals surface area contributed by atoms with Gasteiger partial charge in [-0.1, -0.05) is 0 Å².